The summed E-state index contributed by atoms with van der Waals surface area (Å²) >= 11 is 0. The zero-order valence-electron chi connectivity index (χ0n) is 17.3. The van der Waals surface area contributed by atoms with Crippen LogP contribution in [0.5, 0.6) is 0 Å². The van der Waals surface area contributed by atoms with Gasteiger partial charge >= 0.3 is 0 Å². The van der Waals surface area contributed by atoms with E-state index >= 15 is 0 Å². The summed E-state index contributed by atoms with van der Waals surface area (Å²) in [6.07, 6.45) is 0. The number of nitrogen functional groups attached to an aromatic ring is 1. The second-order valence-electron chi connectivity index (χ2n) is 7.51. The third-order valence-corrected chi connectivity index (χ3v) is 5.65. The van der Waals surface area contributed by atoms with Crippen molar-refractivity contribution in [1.82, 2.24) is 14.7 Å². The Morgan fingerprint density at radius 1 is 1.00 bits per heavy atom. The molecule has 0 bridgehead atoms. The number of hydrogen-bond acceptors (Lipinski definition) is 4. The van der Waals surface area contributed by atoms with Gasteiger partial charge in [0.1, 0.15) is 0 Å². The van der Waals surface area contributed by atoms with E-state index in [0.717, 1.165) is 50.5 Å². The molecule has 1 fully saturated rings. The summed E-state index contributed by atoms with van der Waals surface area (Å²) in [5.74, 6) is 0.0941. The Balaban J connectivity index is 1.91. The SMILES string of the molecule is CCN(CC)C(=O)c1ccc([C@@H](c2cccc(N)c2)N2CCN(C)CC2)cc1. The topological polar surface area (TPSA) is 52.8 Å². The van der Waals surface area contributed by atoms with Crippen molar-refractivity contribution in [2.75, 3.05) is 52.0 Å². The van der Waals surface area contributed by atoms with Crippen molar-refractivity contribution in [3.63, 3.8) is 0 Å². The minimum absolute atomic E-state index is 0.0941. The predicted molar refractivity (Wildman–Crippen MR) is 115 cm³/mol. The van der Waals surface area contributed by atoms with E-state index in [1.54, 1.807) is 0 Å². The lowest BCUT2D eigenvalue weighted by molar-refractivity contribution is 0.0773. The summed E-state index contributed by atoms with van der Waals surface area (Å²) in [7, 11) is 2.17. The summed E-state index contributed by atoms with van der Waals surface area (Å²) < 4.78 is 0. The largest absolute Gasteiger partial charge is 0.399 e. The number of piperazine rings is 1. The average Bonchev–Trinajstić information content (AvgIpc) is 2.71. The molecule has 2 N–H and O–H groups in total. The third-order valence-electron chi connectivity index (χ3n) is 5.65. The summed E-state index contributed by atoms with van der Waals surface area (Å²) in [5.41, 5.74) is 10.0. The van der Waals surface area contributed by atoms with Crippen LogP contribution >= 0.6 is 0 Å². The summed E-state index contributed by atoms with van der Waals surface area (Å²) in [4.78, 5) is 19.4. The highest BCUT2D eigenvalue weighted by Gasteiger charge is 2.26. The van der Waals surface area contributed by atoms with Crippen LogP contribution in [0.25, 0.3) is 0 Å². The Morgan fingerprint density at radius 2 is 1.64 bits per heavy atom. The maximum Gasteiger partial charge on any atom is 0.253 e. The molecule has 0 saturated carbocycles. The van der Waals surface area contributed by atoms with E-state index in [1.807, 2.05) is 43.0 Å². The van der Waals surface area contributed by atoms with Crippen molar-refractivity contribution in [3.05, 3.63) is 65.2 Å². The van der Waals surface area contributed by atoms with Crippen molar-refractivity contribution in [2.24, 2.45) is 0 Å². The first-order valence-electron chi connectivity index (χ1n) is 10.2. The molecule has 150 valence electrons. The van der Waals surface area contributed by atoms with E-state index in [9.17, 15) is 4.79 Å². The van der Waals surface area contributed by atoms with Crippen LogP contribution in [0.2, 0.25) is 0 Å². The zero-order valence-corrected chi connectivity index (χ0v) is 17.3. The molecule has 3 rings (SSSR count). The van der Waals surface area contributed by atoms with E-state index in [2.05, 4.69) is 41.1 Å². The van der Waals surface area contributed by atoms with Gasteiger partial charge in [-0.25, -0.2) is 0 Å². The van der Waals surface area contributed by atoms with E-state index in [4.69, 9.17) is 5.73 Å². The van der Waals surface area contributed by atoms with Crippen LogP contribution in [0, 0.1) is 0 Å². The number of amides is 1. The van der Waals surface area contributed by atoms with Gasteiger partial charge in [0.05, 0.1) is 6.04 Å². The van der Waals surface area contributed by atoms with E-state index in [-0.39, 0.29) is 11.9 Å². The number of benzene rings is 2. The maximum absolute atomic E-state index is 12.6. The highest BCUT2D eigenvalue weighted by atomic mass is 16.2. The number of rotatable bonds is 6. The second-order valence-corrected chi connectivity index (χ2v) is 7.51. The first-order chi connectivity index (χ1) is 13.5. The third kappa shape index (κ3) is 4.54. The number of likely N-dealkylation sites (N-methyl/N-ethyl adjacent to an activating group) is 1. The fourth-order valence-electron chi connectivity index (χ4n) is 3.92. The molecule has 0 aliphatic carbocycles. The molecule has 2 aromatic carbocycles. The number of hydrogen-bond donors (Lipinski definition) is 1. The van der Waals surface area contributed by atoms with Crippen molar-refractivity contribution in [1.29, 1.82) is 0 Å². The molecule has 1 atom stereocenters. The number of anilines is 1. The summed E-state index contributed by atoms with van der Waals surface area (Å²) in [6.45, 7) is 9.60. The Bertz CT molecular complexity index is 777. The minimum Gasteiger partial charge on any atom is -0.399 e. The molecule has 5 heteroatoms. The minimum atomic E-state index is 0.0941. The van der Waals surface area contributed by atoms with Gasteiger partial charge in [-0.3, -0.25) is 9.69 Å². The standard InChI is InChI=1S/C23H32N4O/c1-4-26(5-2)23(28)19-11-9-18(10-12-19)22(20-7-6-8-21(24)17-20)27-15-13-25(3)14-16-27/h6-12,17,22H,4-5,13-16,24H2,1-3H3/t22-/m0/s1. The fourth-order valence-corrected chi connectivity index (χ4v) is 3.92. The highest BCUT2D eigenvalue weighted by molar-refractivity contribution is 5.94. The average molecular weight is 381 g/mol. The van der Waals surface area contributed by atoms with Crippen LogP contribution in [0.15, 0.2) is 48.5 Å². The first kappa shape index (κ1) is 20.4. The van der Waals surface area contributed by atoms with Gasteiger partial charge in [0, 0.05) is 50.5 Å². The number of carbonyl (C=O) groups excluding carboxylic acids is 1. The van der Waals surface area contributed by atoms with E-state index in [1.165, 1.54) is 11.1 Å². The van der Waals surface area contributed by atoms with Gasteiger partial charge in [0.15, 0.2) is 0 Å². The van der Waals surface area contributed by atoms with Crippen LogP contribution in [-0.4, -0.2) is 66.9 Å². The Morgan fingerprint density at radius 3 is 2.21 bits per heavy atom. The van der Waals surface area contributed by atoms with Gasteiger partial charge in [-0.1, -0.05) is 24.3 Å². The Kier molecular flexibility index (Phi) is 6.70. The second kappa shape index (κ2) is 9.22. The molecule has 0 unspecified atom stereocenters. The lowest BCUT2D eigenvalue weighted by Crippen LogP contribution is -2.46. The van der Waals surface area contributed by atoms with E-state index < -0.39 is 0 Å². The zero-order chi connectivity index (χ0) is 20.1. The molecule has 1 aliphatic heterocycles. The van der Waals surface area contributed by atoms with Crippen molar-refractivity contribution < 1.29 is 4.79 Å². The van der Waals surface area contributed by atoms with Gasteiger partial charge in [0.25, 0.3) is 5.91 Å². The Labute approximate surface area is 168 Å². The number of carbonyl (C=O) groups is 1. The van der Waals surface area contributed by atoms with Gasteiger partial charge in [-0.2, -0.15) is 0 Å². The fraction of sp³-hybridized carbons (Fsp3) is 0.435. The predicted octanol–water partition coefficient (Wildman–Crippen LogP) is 3.09. The quantitative estimate of drug-likeness (QED) is 0.783. The Hall–Kier alpha value is -2.37. The van der Waals surface area contributed by atoms with Gasteiger partial charge in [-0.05, 0) is 56.3 Å². The van der Waals surface area contributed by atoms with Crippen molar-refractivity contribution >= 4 is 11.6 Å². The maximum atomic E-state index is 12.6. The number of nitrogens with zero attached hydrogens (tertiary/aromatic N) is 3. The lowest BCUT2D eigenvalue weighted by Gasteiger charge is -2.38. The first-order valence-corrected chi connectivity index (χ1v) is 10.2. The molecule has 5 nitrogen and oxygen atoms in total. The normalized spacial score (nSPS) is 16.7. The van der Waals surface area contributed by atoms with Crippen LogP contribution in [-0.2, 0) is 0 Å². The molecule has 0 radical (unpaired) electrons. The summed E-state index contributed by atoms with van der Waals surface area (Å²) in [5, 5.41) is 0. The van der Waals surface area contributed by atoms with Gasteiger partial charge in [-0.15, -0.1) is 0 Å². The van der Waals surface area contributed by atoms with Crippen LogP contribution in [0.3, 0.4) is 0 Å². The molecule has 0 aromatic heterocycles. The molecule has 2 aromatic rings. The van der Waals surface area contributed by atoms with E-state index in [0.29, 0.717) is 0 Å². The van der Waals surface area contributed by atoms with Crippen LogP contribution < -0.4 is 5.73 Å². The molecule has 28 heavy (non-hydrogen) atoms. The van der Waals surface area contributed by atoms with Crippen molar-refractivity contribution in [3.8, 4) is 0 Å². The molecule has 1 heterocycles. The molecular formula is C23H32N4O. The lowest BCUT2D eigenvalue weighted by atomic mass is 9.95. The smallest absolute Gasteiger partial charge is 0.253 e. The monoisotopic (exact) mass is 380 g/mol. The molecule has 1 aliphatic rings. The van der Waals surface area contributed by atoms with Crippen molar-refractivity contribution in [2.45, 2.75) is 19.9 Å². The molecule has 1 saturated heterocycles. The highest BCUT2D eigenvalue weighted by Crippen LogP contribution is 2.31. The van der Waals surface area contributed by atoms with Crippen LogP contribution in [0.1, 0.15) is 41.4 Å². The summed E-state index contributed by atoms with van der Waals surface area (Å²) in [6, 6.07) is 16.4. The molecule has 1 amide bonds. The van der Waals surface area contributed by atoms with Gasteiger partial charge < -0.3 is 15.5 Å². The van der Waals surface area contributed by atoms with Gasteiger partial charge in [0.2, 0.25) is 0 Å². The molecular weight excluding hydrogens is 348 g/mol. The molecule has 0 spiro atoms. The number of nitrogens with two attached hydrogens (primary N) is 1. The van der Waals surface area contributed by atoms with Crippen LogP contribution in [0.4, 0.5) is 5.69 Å².